The van der Waals surface area contributed by atoms with Gasteiger partial charge in [-0.05, 0) is 13.0 Å². The maximum Gasteiger partial charge on any atom is 0.126 e. The molecular formula is C12H14O. The van der Waals surface area contributed by atoms with Crippen LogP contribution in [-0.4, -0.2) is 6.61 Å². The second-order valence-electron chi connectivity index (χ2n) is 2.57. The van der Waals surface area contributed by atoms with Crippen LogP contribution < -0.4 is 0 Å². The molecule has 1 rings (SSSR count). The quantitative estimate of drug-likeness (QED) is 0.503. The summed E-state index contributed by atoms with van der Waals surface area (Å²) in [6.07, 6.45) is 3.61. The summed E-state index contributed by atoms with van der Waals surface area (Å²) in [7, 11) is 0. The Kier molecular flexibility index (Phi) is 3.83. The molecule has 0 radical (unpaired) electrons. The second-order valence-corrected chi connectivity index (χ2v) is 2.57. The molecule has 0 amide bonds. The average molecular weight is 174 g/mol. The van der Waals surface area contributed by atoms with Crippen molar-refractivity contribution in [3.05, 3.63) is 54.6 Å². The van der Waals surface area contributed by atoms with Crippen LogP contribution in [0.5, 0.6) is 0 Å². The predicted molar refractivity (Wildman–Crippen MR) is 56.2 cm³/mol. The molecule has 0 heterocycles. The standard InChI is InChI=1S/C12H14O/c1-3-8-12(13-4-2)11-9-6-5-7-10-11/h3,5-10H,1,4H2,2H3/b12-8+. The van der Waals surface area contributed by atoms with Crippen LogP contribution in [0.25, 0.3) is 5.76 Å². The Bertz CT molecular complexity index is 285. The molecule has 1 heteroatoms. The molecule has 1 aromatic carbocycles. The summed E-state index contributed by atoms with van der Waals surface area (Å²) in [6.45, 7) is 6.30. The molecule has 0 saturated carbocycles. The SMILES string of the molecule is C=C/C=C(/OCC)c1ccccc1. The van der Waals surface area contributed by atoms with E-state index in [1.807, 2.05) is 43.3 Å². The number of hydrogen-bond donors (Lipinski definition) is 0. The van der Waals surface area contributed by atoms with E-state index in [9.17, 15) is 0 Å². The second kappa shape index (κ2) is 5.20. The Morgan fingerprint density at radius 3 is 2.62 bits per heavy atom. The van der Waals surface area contributed by atoms with E-state index in [0.717, 1.165) is 11.3 Å². The zero-order valence-electron chi connectivity index (χ0n) is 7.86. The summed E-state index contributed by atoms with van der Waals surface area (Å²) < 4.78 is 5.46. The van der Waals surface area contributed by atoms with Gasteiger partial charge >= 0.3 is 0 Å². The molecule has 0 atom stereocenters. The average Bonchev–Trinajstić information content (AvgIpc) is 2.19. The van der Waals surface area contributed by atoms with Crippen molar-refractivity contribution in [3.63, 3.8) is 0 Å². The Balaban J connectivity index is 2.89. The van der Waals surface area contributed by atoms with Crippen LogP contribution in [0, 0.1) is 0 Å². The van der Waals surface area contributed by atoms with Crippen LogP contribution in [0.1, 0.15) is 12.5 Å². The van der Waals surface area contributed by atoms with Crippen molar-refractivity contribution in [3.8, 4) is 0 Å². The fraction of sp³-hybridized carbons (Fsp3) is 0.167. The van der Waals surface area contributed by atoms with Gasteiger partial charge in [-0.15, -0.1) is 0 Å². The van der Waals surface area contributed by atoms with Crippen molar-refractivity contribution in [1.82, 2.24) is 0 Å². The van der Waals surface area contributed by atoms with E-state index in [1.54, 1.807) is 6.08 Å². The Labute approximate surface area is 79.4 Å². The topological polar surface area (TPSA) is 9.23 Å². The highest BCUT2D eigenvalue weighted by molar-refractivity contribution is 5.60. The highest BCUT2D eigenvalue weighted by Gasteiger charge is 1.98. The van der Waals surface area contributed by atoms with Gasteiger partial charge in [0.2, 0.25) is 0 Å². The fourth-order valence-corrected chi connectivity index (χ4v) is 1.09. The number of hydrogen-bond acceptors (Lipinski definition) is 1. The first-order valence-electron chi connectivity index (χ1n) is 4.39. The lowest BCUT2D eigenvalue weighted by Gasteiger charge is -2.07. The van der Waals surface area contributed by atoms with E-state index in [4.69, 9.17) is 4.74 Å². The van der Waals surface area contributed by atoms with Crippen molar-refractivity contribution >= 4 is 5.76 Å². The van der Waals surface area contributed by atoms with Crippen LogP contribution in [0.15, 0.2) is 49.1 Å². The zero-order valence-corrected chi connectivity index (χ0v) is 7.86. The van der Waals surface area contributed by atoms with E-state index in [1.165, 1.54) is 0 Å². The van der Waals surface area contributed by atoms with Crippen LogP contribution in [0.3, 0.4) is 0 Å². The van der Waals surface area contributed by atoms with Gasteiger partial charge in [-0.2, -0.15) is 0 Å². The Morgan fingerprint density at radius 2 is 2.08 bits per heavy atom. The van der Waals surface area contributed by atoms with Gasteiger partial charge in [-0.1, -0.05) is 43.0 Å². The molecule has 0 aliphatic rings. The van der Waals surface area contributed by atoms with Crippen LogP contribution in [-0.2, 0) is 4.74 Å². The molecule has 0 aliphatic heterocycles. The van der Waals surface area contributed by atoms with Crippen LogP contribution in [0.4, 0.5) is 0 Å². The molecule has 0 bridgehead atoms. The molecule has 1 nitrogen and oxygen atoms in total. The molecule has 1 aromatic rings. The third kappa shape index (κ3) is 2.79. The van der Waals surface area contributed by atoms with Crippen molar-refractivity contribution in [2.45, 2.75) is 6.92 Å². The molecule has 0 aromatic heterocycles. The third-order valence-corrected chi connectivity index (χ3v) is 1.63. The van der Waals surface area contributed by atoms with E-state index in [-0.39, 0.29) is 0 Å². The minimum absolute atomic E-state index is 0.675. The lowest BCUT2D eigenvalue weighted by atomic mass is 10.2. The Morgan fingerprint density at radius 1 is 1.38 bits per heavy atom. The summed E-state index contributed by atoms with van der Waals surface area (Å²) in [6, 6.07) is 10.0. The van der Waals surface area contributed by atoms with E-state index < -0.39 is 0 Å². The lowest BCUT2D eigenvalue weighted by Crippen LogP contribution is -1.90. The minimum atomic E-state index is 0.675. The highest BCUT2D eigenvalue weighted by atomic mass is 16.5. The number of benzene rings is 1. The highest BCUT2D eigenvalue weighted by Crippen LogP contribution is 2.14. The van der Waals surface area contributed by atoms with Gasteiger partial charge in [0.25, 0.3) is 0 Å². The normalized spacial score (nSPS) is 11.0. The van der Waals surface area contributed by atoms with Gasteiger partial charge in [0.15, 0.2) is 0 Å². The molecule has 0 fully saturated rings. The number of ether oxygens (including phenoxy) is 1. The maximum absolute atomic E-state index is 5.46. The van der Waals surface area contributed by atoms with Crippen molar-refractivity contribution in [1.29, 1.82) is 0 Å². The van der Waals surface area contributed by atoms with Gasteiger partial charge in [0.05, 0.1) is 6.61 Å². The molecule has 0 saturated heterocycles. The van der Waals surface area contributed by atoms with Crippen molar-refractivity contribution < 1.29 is 4.74 Å². The van der Waals surface area contributed by atoms with Crippen molar-refractivity contribution in [2.75, 3.05) is 6.61 Å². The summed E-state index contributed by atoms with van der Waals surface area (Å²) in [4.78, 5) is 0. The number of allylic oxidation sites excluding steroid dienone is 2. The minimum Gasteiger partial charge on any atom is -0.493 e. The molecule has 0 N–H and O–H groups in total. The summed E-state index contributed by atoms with van der Waals surface area (Å²) in [5, 5.41) is 0. The summed E-state index contributed by atoms with van der Waals surface area (Å²) in [5.41, 5.74) is 1.09. The summed E-state index contributed by atoms with van der Waals surface area (Å²) in [5.74, 6) is 0.873. The molecule has 68 valence electrons. The fourth-order valence-electron chi connectivity index (χ4n) is 1.09. The first-order chi connectivity index (χ1) is 6.38. The van der Waals surface area contributed by atoms with Gasteiger partial charge < -0.3 is 4.74 Å². The smallest absolute Gasteiger partial charge is 0.126 e. The summed E-state index contributed by atoms with van der Waals surface area (Å²) >= 11 is 0. The predicted octanol–water partition coefficient (Wildman–Crippen LogP) is 3.25. The van der Waals surface area contributed by atoms with Gasteiger partial charge in [0, 0.05) is 5.56 Å². The van der Waals surface area contributed by atoms with E-state index in [2.05, 4.69) is 6.58 Å². The molecule has 13 heavy (non-hydrogen) atoms. The molecule has 0 unspecified atom stereocenters. The monoisotopic (exact) mass is 174 g/mol. The Hall–Kier alpha value is -1.50. The maximum atomic E-state index is 5.46. The lowest BCUT2D eigenvalue weighted by molar-refractivity contribution is 0.298. The molecule has 0 aliphatic carbocycles. The zero-order chi connectivity index (χ0) is 9.52. The van der Waals surface area contributed by atoms with E-state index in [0.29, 0.717) is 6.61 Å². The molecular weight excluding hydrogens is 160 g/mol. The van der Waals surface area contributed by atoms with E-state index >= 15 is 0 Å². The number of rotatable bonds is 4. The van der Waals surface area contributed by atoms with Crippen LogP contribution >= 0.6 is 0 Å². The van der Waals surface area contributed by atoms with Crippen LogP contribution in [0.2, 0.25) is 0 Å². The third-order valence-electron chi connectivity index (χ3n) is 1.63. The molecule has 0 spiro atoms. The van der Waals surface area contributed by atoms with Gasteiger partial charge in [-0.25, -0.2) is 0 Å². The van der Waals surface area contributed by atoms with Crippen molar-refractivity contribution in [2.24, 2.45) is 0 Å². The first-order valence-corrected chi connectivity index (χ1v) is 4.39. The van der Waals surface area contributed by atoms with Gasteiger partial charge in [-0.3, -0.25) is 0 Å². The first kappa shape index (κ1) is 9.59. The largest absolute Gasteiger partial charge is 0.493 e. The van der Waals surface area contributed by atoms with Gasteiger partial charge in [0.1, 0.15) is 5.76 Å².